The Morgan fingerprint density at radius 2 is 1.95 bits per heavy atom. The molecule has 0 saturated carbocycles. The molecular formula is C29H42N4O5. The highest BCUT2D eigenvalue weighted by atomic mass is 16.5. The van der Waals surface area contributed by atoms with Crippen molar-refractivity contribution < 1.29 is 24.2 Å². The Kier molecular flexibility index (Phi) is 11.1. The number of fused-ring (bicyclic) bond motifs is 1. The summed E-state index contributed by atoms with van der Waals surface area (Å²) < 4.78 is 12.5. The number of anilines is 1. The lowest BCUT2D eigenvalue weighted by Gasteiger charge is -2.35. The van der Waals surface area contributed by atoms with Gasteiger partial charge in [0.1, 0.15) is 5.75 Å². The van der Waals surface area contributed by atoms with Crippen LogP contribution in [0, 0.1) is 5.92 Å². The molecule has 0 bridgehead atoms. The number of carbonyl (C=O) groups is 2. The minimum Gasteiger partial charge on any atom is -0.490 e. The second-order valence-electron chi connectivity index (χ2n) is 10.5. The zero-order valence-electron chi connectivity index (χ0n) is 23.2. The number of ether oxygens (including phenoxy) is 2. The van der Waals surface area contributed by atoms with E-state index in [-0.39, 0.29) is 36.5 Å². The molecule has 0 spiro atoms. The number of nitrogens with one attached hydrogen (secondary N) is 1. The maximum atomic E-state index is 14.1. The fraction of sp³-hybridized carbons (Fsp3) is 0.552. The SMILES string of the molecule is C[C@@H]1CN([C@H](C)CO)C(=O)c2cc(NC(=O)c3ccncc3)ccc2O[C@@H](C)CCCCO[C@H]1CN(C)C. The molecule has 2 amide bonds. The molecule has 0 saturated heterocycles. The molecule has 9 nitrogen and oxygen atoms in total. The summed E-state index contributed by atoms with van der Waals surface area (Å²) in [6.45, 7) is 7.51. The van der Waals surface area contributed by atoms with E-state index >= 15 is 0 Å². The highest BCUT2D eigenvalue weighted by Crippen LogP contribution is 2.28. The van der Waals surface area contributed by atoms with Crippen molar-refractivity contribution in [2.45, 2.75) is 58.3 Å². The van der Waals surface area contributed by atoms with Gasteiger partial charge in [-0.05, 0) is 77.5 Å². The van der Waals surface area contributed by atoms with Crippen molar-refractivity contribution in [1.29, 1.82) is 0 Å². The van der Waals surface area contributed by atoms with Crippen LogP contribution in [-0.2, 0) is 4.74 Å². The highest BCUT2D eigenvalue weighted by molar-refractivity contribution is 6.05. The molecule has 0 aliphatic carbocycles. The molecule has 2 N–H and O–H groups in total. The highest BCUT2D eigenvalue weighted by Gasteiger charge is 2.30. The number of pyridine rings is 1. The number of benzene rings is 1. The average molecular weight is 527 g/mol. The van der Waals surface area contributed by atoms with Crippen LogP contribution in [0.4, 0.5) is 5.69 Å². The topological polar surface area (TPSA) is 104 Å². The molecule has 208 valence electrons. The second kappa shape index (κ2) is 14.2. The molecule has 0 radical (unpaired) electrons. The maximum absolute atomic E-state index is 14.1. The van der Waals surface area contributed by atoms with E-state index in [1.807, 2.05) is 27.9 Å². The summed E-state index contributed by atoms with van der Waals surface area (Å²) in [7, 11) is 4.02. The predicted molar refractivity (Wildman–Crippen MR) is 148 cm³/mol. The minimum absolute atomic E-state index is 0.0242. The third kappa shape index (κ3) is 8.24. The summed E-state index contributed by atoms with van der Waals surface area (Å²) in [5.74, 6) is -0.0735. The van der Waals surface area contributed by atoms with Crippen LogP contribution in [0.15, 0.2) is 42.7 Å². The van der Waals surface area contributed by atoms with Gasteiger partial charge in [0, 0.05) is 49.3 Å². The Balaban J connectivity index is 1.98. The number of aliphatic hydroxyl groups excluding tert-OH is 1. The van der Waals surface area contributed by atoms with Gasteiger partial charge in [0.05, 0.1) is 30.4 Å². The second-order valence-corrected chi connectivity index (χ2v) is 10.5. The first-order chi connectivity index (χ1) is 18.2. The number of aliphatic hydroxyl groups is 1. The Morgan fingerprint density at radius 3 is 2.63 bits per heavy atom. The van der Waals surface area contributed by atoms with Crippen LogP contribution in [-0.4, -0.2) is 90.4 Å². The van der Waals surface area contributed by atoms with Crippen LogP contribution >= 0.6 is 0 Å². The standard InChI is InChI=1S/C29H42N4O5/c1-20-17-33(21(2)19-34)29(36)25-16-24(31-28(35)23-11-13-30-14-12-23)9-10-26(25)38-22(3)8-6-7-15-37-27(20)18-32(4)5/h9-14,16,20-22,27,34H,6-8,15,17-19H2,1-5H3,(H,31,35)/t20-,21-,22+,27+/m1/s1. The van der Waals surface area contributed by atoms with E-state index in [2.05, 4.69) is 22.1 Å². The van der Waals surface area contributed by atoms with Gasteiger partial charge in [0.15, 0.2) is 0 Å². The van der Waals surface area contributed by atoms with E-state index in [0.29, 0.717) is 35.7 Å². The molecule has 4 atom stereocenters. The van der Waals surface area contributed by atoms with E-state index in [0.717, 1.165) is 25.8 Å². The van der Waals surface area contributed by atoms with Crippen LogP contribution in [0.5, 0.6) is 5.75 Å². The number of hydrogen-bond donors (Lipinski definition) is 2. The molecule has 2 aromatic rings. The number of likely N-dealkylation sites (N-methyl/N-ethyl adjacent to an activating group) is 1. The van der Waals surface area contributed by atoms with Gasteiger partial charge in [-0.15, -0.1) is 0 Å². The van der Waals surface area contributed by atoms with Gasteiger partial charge in [-0.3, -0.25) is 14.6 Å². The molecule has 3 rings (SSSR count). The third-order valence-corrected chi connectivity index (χ3v) is 6.80. The molecule has 1 aromatic heterocycles. The van der Waals surface area contributed by atoms with Crippen LogP contribution < -0.4 is 10.1 Å². The van der Waals surface area contributed by atoms with Crippen LogP contribution in [0.25, 0.3) is 0 Å². The molecule has 38 heavy (non-hydrogen) atoms. The lowest BCUT2D eigenvalue weighted by Crippen LogP contribution is -2.47. The number of hydrogen-bond acceptors (Lipinski definition) is 7. The minimum atomic E-state index is -0.418. The molecular weight excluding hydrogens is 484 g/mol. The normalized spacial score (nSPS) is 22.2. The van der Waals surface area contributed by atoms with Gasteiger partial charge in [-0.1, -0.05) is 6.92 Å². The first kappa shape index (κ1) is 29.5. The zero-order chi connectivity index (χ0) is 27.7. The van der Waals surface area contributed by atoms with Crippen molar-refractivity contribution in [1.82, 2.24) is 14.8 Å². The number of amides is 2. The molecule has 2 heterocycles. The van der Waals surface area contributed by atoms with Crippen molar-refractivity contribution in [3.8, 4) is 5.75 Å². The van der Waals surface area contributed by atoms with Crippen molar-refractivity contribution in [2.75, 3.05) is 45.7 Å². The van der Waals surface area contributed by atoms with Gasteiger partial charge in [0.25, 0.3) is 11.8 Å². The van der Waals surface area contributed by atoms with Gasteiger partial charge < -0.3 is 29.7 Å². The molecule has 1 aliphatic heterocycles. The number of nitrogens with zero attached hydrogens (tertiary/aromatic N) is 3. The lowest BCUT2D eigenvalue weighted by molar-refractivity contribution is -0.0137. The summed E-state index contributed by atoms with van der Waals surface area (Å²) in [5.41, 5.74) is 1.29. The Morgan fingerprint density at radius 1 is 1.21 bits per heavy atom. The number of aromatic nitrogens is 1. The smallest absolute Gasteiger partial charge is 0.258 e. The third-order valence-electron chi connectivity index (χ3n) is 6.80. The largest absolute Gasteiger partial charge is 0.490 e. The predicted octanol–water partition coefficient (Wildman–Crippen LogP) is 3.69. The first-order valence-corrected chi connectivity index (χ1v) is 13.4. The van der Waals surface area contributed by atoms with E-state index in [1.165, 1.54) is 0 Å². The van der Waals surface area contributed by atoms with Crippen LogP contribution in [0.2, 0.25) is 0 Å². The van der Waals surface area contributed by atoms with Gasteiger partial charge in [-0.2, -0.15) is 0 Å². The fourth-order valence-corrected chi connectivity index (χ4v) is 4.53. The monoisotopic (exact) mass is 526 g/mol. The Labute approximate surface area is 226 Å². The van der Waals surface area contributed by atoms with Crippen molar-refractivity contribution in [3.63, 3.8) is 0 Å². The summed E-state index contributed by atoms with van der Waals surface area (Å²) in [6.07, 6.45) is 5.63. The van der Waals surface area contributed by atoms with Gasteiger partial charge in [-0.25, -0.2) is 0 Å². The summed E-state index contributed by atoms with van der Waals surface area (Å²) in [4.78, 5) is 34.6. The Bertz CT molecular complexity index is 1050. The van der Waals surface area contributed by atoms with Crippen molar-refractivity contribution >= 4 is 17.5 Å². The van der Waals surface area contributed by atoms with Crippen molar-refractivity contribution in [2.24, 2.45) is 5.92 Å². The molecule has 9 heteroatoms. The van der Waals surface area contributed by atoms with Gasteiger partial charge in [0.2, 0.25) is 0 Å². The number of carbonyl (C=O) groups excluding carboxylic acids is 2. The molecule has 0 fully saturated rings. The van der Waals surface area contributed by atoms with Crippen LogP contribution in [0.3, 0.4) is 0 Å². The average Bonchev–Trinajstić information content (AvgIpc) is 2.90. The number of rotatable bonds is 6. The quantitative estimate of drug-likeness (QED) is 0.592. The lowest BCUT2D eigenvalue weighted by atomic mass is 10.0. The molecule has 0 unspecified atom stereocenters. The van der Waals surface area contributed by atoms with Gasteiger partial charge >= 0.3 is 0 Å². The fourth-order valence-electron chi connectivity index (χ4n) is 4.53. The van der Waals surface area contributed by atoms with E-state index < -0.39 is 6.04 Å². The Hall–Kier alpha value is -3.01. The van der Waals surface area contributed by atoms with E-state index in [1.54, 1.807) is 47.6 Å². The summed E-state index contributed by atoms with van der Waals surface area (Å²) >= 11 is 0. The molecule has 1 aromatic carbocycles. The van der Waals surface area contributed by atoms with E-state index in [4.69, 9.17) is 9.47 Å². The summed E-state index contributed by atoms with van der Waals surface area (Å²) in [5, 5.41) is 12.9. The molecule has 1 aliphatic rings. The maximum Gasteiger partial charge on any atom is 0.258 e. The van der Waals surface area contributed by atoms with Crippen LogP contribution in [0.1, 0.15) is 60.7 Å². The van der Waals surface area contributed by atoms with Crippen molar-refractivity contribution in [3.05, 3.63) is 53.9 Å². The first-order valence-electron chi connectivity index (χ1n) is 13.4. The van der Waals surface area contributed by atoms with E-state index in [9.17, 15) is 14.7 Å². The zero-order valence-corrected chi connectivity index (χ0v) is 23.2. The summed E-state index contributed by atoms with van der Waals surface area (Å²) in [6, 6.07) is 7.97.